The number of rotatable bonds is 10. The molecule has 1 aliphatic rings. The predicted molar refractivity (Wildman–Crippen MR) is 136 cm³/mol. The number of likely N-dealkylation sites (tertiary alicyclic amines) is 1. The highest BCUT2D eigenvalue weighted by atomic mass is 16.5. The Bertz CT molecular complexity index is 1030. The number of nitrogens with zero attached hydrogens (tertiary/aromatic N) is 1. The minimum absolute atomic E-state index is 0.0948. The minimum atomic E-state index is -0.740. The molecule has 0 saturated carbocycles. The molecule has 35 heavy (non-hydrogen) atoms. The van der Waals surface area contributed by atoms with Gasteiger partial charge in [-0.3, -0.25) is 9.59 Å². The van der Waals surface area contributed by atoms with Crippen LogP contribution in [0, 0.1) is 12.3 Å². The number of hydrogen-bond donors (Lipinski definition) is 2. The van der Waals surface area contributed by atoms with Crippen LogP contribution in [-0.2, 0) is 16.1 Å². The van der Waals surface area contributed by atoms with E-state index in [9.17, 15) is 14.4 Å². The first-order valence-electron chi connectivity index (χ1n) is 12.5. The van der Waals surface area contributed by atoms with Gasteiger partial charge in [-0.05, 0) is 49.4 Å². The second kappa shape index (κ2) is 11.4. The number of aryl methyl sites for hydroxylation is 1. The van der Waals surface area contributed by atoms with E-state index in [1.807, 2.05) is 57.2 Å². The normalized spacial score (nSPS) is 17.3. The van der Waals surface area contributed by atoms with E-state index in [2.05, 4.69) is 17.6 Å². The van der Waals surface area contributed by atoms with Crippen LogP contribution in [-0.4, -0.2) is 29.0 Å². The topological polar surface area (TPSA) is 87.7 Å². The Balaban J connectivity index is 1.78. The molecule has 1 saturated heterocycles. The summed E-state index contributed by atoms with van der Waals surface area (Å²) in [5.74, 6) is 0.274. The van der Waals surface area contributed by atoms with Crippen LogP contribution in [0.25, 0.3) is 0 Å². The number of carbonyl (C=O) groups is 3. The van der Waals surface area contributed by atoms with Crippen molar-refractivity contribution >= 4 is 17.8 Å². The Labute approximate surface area is 208 Å². The summed E-state index contributed by atoms with van der Waals surface area (Å²) in [6.45, 7) is 9.91. The van der Waals surface area contributed by atoms with Crippen LogP contribution in [0.5, 0.6) is 5.75 Å². The number of ether oxygens (including phenoxy) is 1. The quantitative estimate of drug-likeness (QED) is 0.457. The van der Waals surface area contributed by atoms with E-state index in [0.29, 0.717) is 25.1 Å². The van der Waals surface area contributed by atoms with E-state index in [4.69, 9.17) is 4.74 Å². The molecule has 188 valence electrons. The first-order valence-corrected chi connectivity index (χ1v) is 12.5. The van der Waals surface area contributed by atoms with Gasteiger partial charge in [0.1, 0.15) is 11.2 Å². The summed E-state index contributed by atoms with van der Waals surface area (Å²) in [7, 11) is 0. The zero-order valence-electron chi connectivity index (χ0n) is 21.4. The highest BCUT2D eigenvalue weighted by Gasteiger charge is 2.63. The monoisotopic (exact) mass is 479 g/mol. The molecular weight excluding hydrogens is 442 g/mol. The second-order valence-corrected chi connectivity index (χ2v) is 9.26. The number of nitrogens with one attached hydrogen (secondary N) is 2. The van der Waals surface area contributed by atoms with Gasteiger partial charge in [-0.25, -0.2) is 9.69 Å². The van der Waals surface area contributed by atoms with Gasteiger partial charge in [-0.1, -0.05) is 69.2 Å². The van der Waals surface area contributed by atoms with Gasteiger partial charge in [0.05, 0.1) is 6.04 Å². The smallest absolute Gasteiger partial charge is 0.327 e. The largest absolute Gasteiger partial charge is 0.469 e. The molecular formula is C28H37N3O4. The van der Waals surface area contributed by atoms with Crippen LogP contribution in [0.15, 0.2) is 48.5 Å². The van der Waals surface area contributed by atoms with Crippen molar-refractivity contribution < 1.29 is 19.1 Å². The summed E-state index contributed by atoms with van der Waals surface area (Å²) in [5.41, 5.74) is 2.37. The average molecular weight is 480 g/mol. The molecule has 2 atom stereocenters. The van der Waals surface area contributed by atoms with Crippen LogP contribution in [0.1, 0.15) is 76.1 Å². The lowest BCUT2D eigenvalue weighted by Gasteiger charge is -2.53. The molecule has 4 amide bonds. The zero-order valence-corrected chi connectivity index (χ0v) is 21.4. The lowest BCUT2D eigenvalue weighted by atomic mass is 9.72. The summed E-state index contributed by atoms with van der Waals surface area (Å²) in [6.07, 6.45) is 2.13. The van der Waals surface area contributed by atoms with E-state index in [0.717, 1.165) is 29.5 Å². The maximum atomic E-state index is 13.4. The molecule has 7 heteroatoms. The van der Waals surface area contributed by atoms with Crippen molar-refractivity contribution in [1.29, 1.82) is 0 Å². The maximum Gasteiger partial charge on any atom is 0.327 e. The maximum absolute atomic E-state index is 13.4. The van der Waals surface area contributed by atoms with E-state index in [1.165, 1.54) is 11.8 Å². The van der Waals surface area contributed by atoms with Crippen molar-refractivity contribution in [3.05, 3.63) is 65.2 Å². The molecule has 0 bridgehead atoms. The third-order valence-corrected chi connectivity index (χ3v) is 6.90. The number of carbonyl (C=O) groups excluding carboxylic acids is 3. The lowest BCUT2D eigenvalue weighted by molar-refractivity contribution is -0.191. The van der Waals surface area contributed by atoms with E-state index in [1.54, 1.807) is 12.1 Å². The number of hydrogen-bond acceptors (Lipinski definition) is 4. The molecule has 2 aromatic carbocycles. The molecule has 1 unspecified atom stereocenters. The van der Waals surface area contributed by atoms with Gasteiger partial charge in [0.15, 0.2) is 6.23 Å². The molecule has 3 rings (SSSR count). The van der Waals surface area contributed by atoms with Crippen molar-refractivity contribution in [2.45, 2.75) is 79.1 Å². The highest BCUT2D eigenvalue weighted by molar-refractivity contribution is 6.03. The van der Waals surface area contributed by atoms with Gasteiger partial charge < -0.3 is 15.4 Å². The number of imide groups is 1. The van der Waals surface area contributed by atoms with Gasteiger partial charge in [0.2, 0.25) is 11.8 Å². The van der Waals surface area contributed by atoms with Crippen molar-refractivity contribution in [1.82, 2.24) is 15.5 Å². The fourth-order valence-corrected chi connectivity index (χ4v) is 4.57. The molecule has 7 nitrogen and oxygen atoms in total. The Kier molecular flexibility index (Phi) is 8.54. The van der Waals surface area contributed by atoms with Crippen LogP contribution >= 0.6 is 0 Å². The van der Waals surface area contributed by atoms with Gasteiger partial charge in [-0.15, -0.1) is 0 Å². The SMILES string of the molecule is CCCC(NC(=O)N1C(=O)C(CC)(CC)[C@@H]1Oc1ccc(CNC(C)=O)cc1)c1ccc(C)cc1. The Morgan fingerprint density at radius 1 is 1.03 bits per heavy atom. The van der Waals surface area contributed by atoms with Crippen molar-refractivity contribution in [3.63, 3.8) is 0 Å². The molecule has 0 aliphatic carbocycles. The van der Waals surface area contributed by atoms with Crippen LogP contribution in [0.3, 0.4) is 0 Å². The summed E-state index contributed by atoms with van der Waals surface area (Å²) < 4.78 is 6.25. The first-order chi connectivity index (χ1) is 16.7. The number of benzene rings is 2. The third-order valence-electron chi connectivity index (χ3n) is 6.90. The van der Waals surface area contributed by atoms with E-state index in [-0.39, 0.29) is 17.9 Å². The number of urea groups is 1. The summed E-state index contributed by atoms with van der Waals surface area (Å²) >= 11 is 0. The Hall–Kier alpha value is -3.35. The predicted octanol–water partition coefficient (Wildman–Crippen LogP) is 5.24. The molecule has 1 heterocycles. The van der Waals surface area contributed by atoms with Gasteiger partial charge in [0.25, 0.3) is 0 Å². The molecule has 2 N–H and O–H groups in total. The van der Waals surface area contributed by atoms with Gasteiger partial charge in [-0.2, -0.15) is 0 Å². The Morgan fingerprint density at radius 3 is 2.20 bits per heavy atom. The fourth-order valence-electron chi connectivity index (χ4n) is 4.57. The molecule has 2 aromatic rings. The Morgan fingerprint density at radius 2 is 1.66 bits per heavy atom. The van der Waals surface area contributed by atoms with Crippen molar-refractivity contribution in [3.8, 4) is 5.75 Å². The molecule has 0 aromatic heterocycles. The van der Waals surface area contributed by atoms with Gasteiger partial charge >= 0.3 is 6.03 Å². The third kappa shape index (κ3) is 5.66. The number of β-lactam (4-membered cyclic amide) rings is 1. The molecule has 1 aliphatic heterocycles. The van der Waals surface area contributed by atoms with Crippen LogP contribution in [0.4, 0.5) is 4.79 Å². The lowest BCUT2D eigenvalue weighted by Crippen LogP contribution is -2.73. The summed E-state index contributed by atoms with van der Waals surface area (Å²) in [6, 6.07) is 14.8. The van der Waals surface area contributed by atoms with E-state index >= 15 is 0 Å². The fraction of sp³-hybridized carbons (Fsp3) is 0.464. The highest BCUT2D eigenvalue weighted by Crippen LogP contribution is 2.46. The standard InChI is InChI=1S/C28H37N3O4/c1-6-9-24(22-14-10-19(4)11-15-22)30-27(34)31-25(33)28(7-2,8-3)26(31)35-23-16-12-21(13-17-23)18-29-20(5)32/h10-17,24,26H,6-9,18H2,1-5H3,(H,29,32)(H,30,34)/t24?,26-/m0/s1. The molecule has 0 radical (unpaired) electrons. The second-order valence-electron chi connectivity index (χ2n) is 9.26. The average Bonchev–Trinajstić information content (AvgIpc) is 2.84. The van der Waals surface area contributed by atoms with Crippen LogP contribution in [0.2, 0.25) is 0 Å². The van der Waals surface area contributed by atoms with Gasteiger partial charge in [0, 0.05) is 13.5 Å². The number of amides is 4. The molecule has 0 spiro atoms. The summed E-state index contributed by atoms with van der Waals surface area (Å²) in [5, 5.41) is 5.83. The molecule has 1 fully saturated rings. The first kappa shape index (κ1) is 26.3. The van der Waals surface area contributed by atoms with E-state index < -0.39 is 17.7 Å². The minimum Gasteiger partial charge on any atom is -0.469 e. The van der Waals surface area contributed by atoms with Crippen molar-refractivity contribution in [2.24, 2.45) is 5.41 Å². The summed E-state index contributed by atoms with van der Waals surface area (Å²) in [4.78, 5) is 39.0. The van der Waals surface area contributed by atoms with Crippen LogP contribution < -0.4 is 15.4 Å². The van der Waals surface area contributed by atoms with Crippen molar-refractivity contribution in [2.75, 3.05) is 0 Å². The zero-order chi connectivity index (χ0) is 25.6.